The highest BCUT2D eigenvalue weighted by atomic mass is 32.2. The van der Waals surface area contributed by atoms with Gasteiger partial charge in [0, 0.05) is 31.2 Å². The monoisotopic (exact) mass is 475 g/mol. The molecule has 0 aliphatic rings. The van der Waals surface area contributed by atoms with Crippen LogP contribution < -0.4 is 5.32 Å². The minimum absolute atomic E-state index is 0.00870. The third kappa shape index (κ3) is 5.88. The molecule has 1 amide bonds. The van der Waals surface area contributed by atoms with E-state index in [9.17, 15) is 31.2 Å². The highest BCUT2D eigenvalue weighted by molar-refractivity contribution is 7.89. The maximum Gasteiger partial charge on any atom is 0.406 e. The number of aromatic nitrogens is 1. The van der Waals surface area contributed by atoms with E-state index in [1.807, 2.05) is 0 Å². The molecule has 0 fully saturated rings. The van der Waals surface area contributed by atoms with E-state index in [4.69, 9.17) is 4.74 Å². The van der Waals surface area contributed by atoms with E-state index in [0.717, 1.165) is 8.87 Å². The SMILES string of the molecule is Cc1ccc(NC(=O)COC(=O)c2cc(C)n(CC(F)(F)F)c2C)cc1S(=O)(=O)N(C)C. The van der Waals surface area contributed by atoms with Gasteiger partial charge in [0.05, 0.1) is 10.5 Å². The van der Waals surface area contributed by atoms with Crippen LogP contribution >= 0.6 is 0 Å². The number of aryl methyl sites for hydroxylation is 2. The van der Waals surface area contributed by atoms with Crippen LogP contribution in [0.4, 0.5) is 18.9 Å². The predicted molar refractivity (Wildman–Crippen MR) is 111 cm³/mol. The minimum atomic E-state index is -4.46. The Hall–Kier alpha value is -2.86. The quantitative estimate of drug-likeness (QED) is 0.621. The second kappa shape index (κ2) is 9.33. The van der Waals surface area contributed by atoms with Crippen molar-refractivity contribution in [3.8, 4) is 0 Å². The lowest BCUT2D eigenvalue weighted by Crippen LogP contribution is -2.24. The Morgan fingerprint density at radius 2 is 1.75 bits per heavy atom. The van der Waals surface area contributed by atoms with E-state index in [2.05, 4.69) is 5.32 Å². The van der Waals surface area contributed by atoms with Crippen LogP contribution in [0, 0.1) is 20.8 Å². The van der Waals surface area contributed by atoms with Crippen molar-refractivity contribution >= 4 is 27.6 Å². The fraction of sp³-hybridized carbons (Fsp3) is 0.400. The number of benzene rings is 1. The highest BCUT2D eigenvalue weighted by Gasteiger charge is 2.30. The number of rotatable bonds is 7. The van der Waals surface area contributed by atoms with E-state index < -0.39 is 41.2 Å². The van der Waals surface area contributed by atoms with Gasteiger partial charge in [-0.05, 0) is 44.5 Å². The number of alkyl halides is 3. The summed E-state index contributed by atoms with van der Waals surface area (Å²) in [7, 11) is -0.973. The number of halogens is 3. The van der Waals surface area contributed by atoms with Crippen LogP contribution in [-0.4, -0.2) is 56.0 Å². The molecule has 12 heteroatoms. The molecular formula is C20H24F3N3O5S. The lowest BCUT2D eigenvalue weighted by Gasteiger charge is -2.15. The number of amides is 1. The van der Waals surface area contributed by atoms with Crippen LogP contribution in [0.5, 0.6) is 0 Å². The molecule has 0 bridgehead atoms. The Labute approximate surface area is 184 Å². The van der Waals surface area contributed by atoms with Crippen LogP contribution in [0.2, 0.25) is 0 Å². The van der Waals surface area contributed by atoms with Crippen molar-refractivity contribution < 1.29 is 35.9 Å². The smallest absolute Gasteiger partial charge is 0.406 e. The van der Waals surface area contributed by atoms with Gasteiger partial charge < -0.3 is 14.6 Å². The molecule has 176 valence electrons. The summed E-state index contributed by atoms with van der Waals surface area (Å²) >= 11 is 0. The summed E-state index contributed by atoms with van der Waals surface area (Å²) < 4.78 is 69.8. The molecule has 2 aromatic rings. The molecule has 1 aromatic carbocycles. The topological polar surface area (TPSA) is 97.7 Å². The normalized spacial score (nSPS) is 12.2. The summed E-state index contributed by atoms with van der Waals surface area (Å²) in [5, 5.41) is 2.44. The molecule has 2 rings (SSSR count). The minimum Gasteiger partial charge on any atom is -0.452 e. The molecule has 0 spiro atoms. The molecule has 0 saturated heterocycles. The van der Waals surface area contributed by atoms with Gasteiger partial charge in [-0.25, -0.2) is 17.5 Å². The first-order chi connectivity index (χ1) is 14.6. The first kappa shape index (κ1) is 25.4. The highest BCUT2D eigenvalue weighted by Crippen LogP contribution is 2.24. The van der Waals surface area contributed by atoms with Crippen molar-refractivity contribution in [3.63, 3.8) is 0 Å². The number of hydrogen-bond donors (Lipinski definition) is 1. The van der Waals surface area contributed by atoms with Crippen LogP contribution in [0.15, 0.2) is 29.2 Å². The van der Waals surface area contributed by atoms with E-state index >= 15 is 0 Å². The number of nitrogens with one attached hydrogen (secondary N) is 1. The third-order valence-corrected chi connectivity index (χ3v) is 6.65. The van der Waals surface area contributed by atoms with Gasteiger partial charge in [0.1, 0.15) is 6.54 Å². The number of carbonyl (C=O) groups excluding carboxylic acids is 2. The molecule has 0 aliphatic heterocycles. The average Bonchev–Trinajstić information content (AvgIpc) is 2.94. The lowest BCUT2D eigenvalue weighted by molar-refractivity contribution is -0.141. The fourth-order valence-corrected chi connectivity index (χ4v) is 4.13. The number of anilines is 1. The summed E-state index contributed by atoms with van der Waals surface area (Å²) in [6.45, 7) is 2.45. The molecule has 32 heavy (non-hydrogen) atoms. The molecule has 8 nitrogen and oxygen atoms in total. The summed E-state index contributed by atoms with van der Waals surface area (Å²) in [5.41, 5.74) is 0.889. The van der Waals surface area contributed by atoms with Gasteiger partial charge in [-0.2, -0.15) is 13.2 Å². The summed E-state index contributed by atoms with van der Waals surface area (Å²) in [4.78, 5) is 24.5. The van der Waals surface area contributed by atoms with Gasteiger partial charge in [0.25, 0.3) is 5.91 Å². The molecule has 1 aromatic heterocycles. The maximum atomic E-state index is 12.7. The number of ether oxygens (including phenoxy) is 1. The standard InChI is InChI=1S/C20H24F3N3O5S/c1-12-6-7-15(9-17(12)32(29,30)25(4)5)24-18(27)10-31-19(28)16-8-13(2)26(14(16)3)11-20(21,22)23/h6-9H,10-11H2,1-5H3,(H,24,27). The molecule has 1 N–H and O–H groups in total. The molecule has 0 atom stereocenters. The molecule has 0 aliphatic carbocycles. The number of hydrogen-bond acceptors (Lipinski definition) is 5. The van der Waals surface area contributed by atoms with Gasteiger partial charge >= 0.3 is 12.1 Å². The van der Waals surface area contributed by atoms with Gasteiger partial charge in [0.2, 0.25) is 10.0 Å². The lowest BCUT2D eigenvalue weighted by atomic mass is 10.2. The zero-order chi connectivity index (χ0) is 24.4. The van der Waals surface area contributed by atoms with Gasteiger partial charge in [-0.3, -0.25) is 4.79 Å². The molecule has 0 saturated carbocycles. The first-order valence-corrected chi connectivity index (χ1v) is 10.8. The van der Waals surface area contributed by atoms with Gasteiger partial charge in [-0.1, -0.05) is 6.07 Å². The van der Waals surface area contributed by atoms with Crippen molar-refractivity contribution in [2.75, 3.05) is 26.0 Å². The van der Waals surface area contributed by atoms with Crippen LogP contribution in [0.25, 0.3) is 0 Å². The maximum absolute atomic E-state index is 12.7. The Morgan fingerprint density at radius 3 is 2.31 bits per heavy atom. The largest absolute Gasteiger partial charge is 0.452 e. The van der Waals surface area contributed by atoms with Gasteiger partial charge in [-0.15, -0.1) is 0 Å². The van der Waals surface area contributed by atoms with Crippen LogP contribution in [-0.2, 0) is 26.1 Å². The molecule has 0 radical (unpaired) electrons. The summed E-state index contributed by atoms with van der Waals surface area (Å²) in [6.07, 6.45) is -4.46. The zero-order valence-corrected chi connectivity index (χ0v) is 19.0. The van der Waals surface area contributed by atoms with Crippen molar-refractivity contribution in [1.29, 1.82) is 0 Å². The van der Waals surface area contributed by atoms with E-state index in [1.165, 1.54) is 52.2 Å². The molecule has 0 unspecified atom stereocenters. The van der Waals surface area contributed by atoms with E-state index in [-0.39, 0.29) is 27.5 Å². The number of esters is 1. The molecule has 1 heterocycles. The van der Waals surface area contributed by atoms with Crippen molar-refractivity contribution in [1.82, 2.24) is 8.87 Å². The second-order valence-electron chi connectivity index (χ2n) is 7.38. The fourth-order valence-electron chi connectivity index (χ4n) is 2.99. The summed E-state index contributed by atoms with van der Waals surface area (Å²) in [6, 6.07) is 5.57. The average molecular weight is 475 g/mol. The second-order valence-corrected chi connectivity index (χ2v) is 9.50. The Kier molecular flexibility index (Phi) is 7.40. The van der Waals surface area contributed by atoms with Gasteiger partial charge in [0.15, 0.2) is 6.61 Å². The zero-order valence-electron chi connectivity index (χ0n) is 18.2. The number of nitrogens with zero attached hydrogens (tertiary/aromatic N) is 2. The van der Waals surface area contributed by atoms with Crippen LogP contribution in [0.1, 0.15) is 27.3 Å². The van der Waals surface area contributed by atoms with Crippen molar-refractivity contribution in [2.45, 2.75) is 38.4 Å². The Balaban J connectivity index is 2.08. The Morgan fingerprint density at radius 1 is 1.12 bits per heavy atom. The predicted octanol–water partition coefficient (Wildman–Crippen LogP) is 3.02. The number of carbonyl (C=O) groups is 2. The summed E-state index contributed by atoms with van der Waals surface area (Å²) in [5.74, 6) is -1.68. The van der Waals surface area contributed by atoms with Crippen molar-refractivity contribution in [3.05, 3.63) is 46.8 Å². The Bertz CT molecular complexity index is 1140. The first-order valence-electron chi connectivity index (χ1n) is 9.37. The van der Waals surface area contributed by atoms with Crippen molar-refractivity contribution in [2.24, 2.45) is 0 Å². The molecular weight excluding hydrogens is 451 g/mol. The number of sulfonamides is 1. The third-order valence-electron chi connectivity index (χ3n) is 4.70. The van der Waals surface area contributed by atoms with E-state index in [1.54, 1.807) is 6.92 Å². The van der Waals surface area contributed by atoms with E-state index in [0.29, 0.717) is 5.56 Å². The van der Waals surface area contributed by atoms with Crippen LogP contribution in [0.3, 0.4) is 0 Å².